The standard InChI is InChI=1S/C11H10ClNO6/c1-5(12)9(14)6-2-3-8(13(18)19)7(4-6)10(15)11(16)17/h2-5,10,15H,1H3,(H,16,17). The molecule has 8 heteroatoms. The maximum Gasteiger partial charge on any atom is 0.337 e. The van der Waals surface area contributed by atoms with E-state index in [1.165, 1.54) is 6.92 Å². The molecule has 0 saturated heterocycles. The molecule has 1 aromatic carbocycles. The third-order valence-corrected chi connectivity index (χ3v) is 2.60. The second-order valence-electron chi connectivity index (χ2n) is 3.75. The lowest BCUT2D eigenvalue weighted by Crippen LogP contribution is -2.15. The molecular weight excluding hydrogens is 278 g/mol. The first-order valence-electron chi connectivity index (χ1n) is 5.13. The summed E-state index contributed by atoms with van der Waals surface area (Å²) in [5.41, 5.74) is -1.03. The van der Waals surface area contributed by atoms with Crippen LogP contribution in [0.4, 0.5) is 5.69 Å². The molecule has 0 aromatic heterocycles. The van der Waals surface area contributed by atoms with Gasteiger partial charge in [0.2, 0.25) is 0 Å². The summed E-state index contributed by atoms with van der Waals surface area (Å²) in [7, 11) is 0. The molecule has 0 aliphatic carbocycles. The van der Waals surface area contributed by atoms with Gasteiger partial charge in [0.1, 0.15) is 0 Å². The van der Waals surface area contributed by atoms with E-state index >= 15 is 0 Å². The van der Waals surface area contributed by atoms with E-state index in [4.69, 9.17) is 16.7 Å². The number of ketones is 1. The van der Waals surface area contributed by atoms with E-state index in [9.17, 15) is 24.8 Å². The van der Waals surface area contributed by atoms with Gasteiger partial charge in [0.05, 0.1) is 15.9 Å². The van der Waals surface area contributed by atoms with Crippen molar-refractivity contribution in [2.75, 3.05) is 0 Å². The van der Waals surface area contributed by atoms with Crippen LogP contribution < -0.4 is 0 Å². The summed E-state index contributed by atoms with van der Waals surface area (Å²) >= 11 is 5.60. The quantitative estimate of drug-likeness (QED) is 0.367. The average molecular weight is 288 g/mol. The first kappa shape index (κ1) is 15.1. The van der Waals surface area contributed by atoms with E-state index in [1.54, 1.807) is 0 Å². The molecule has 0 aliphatic rings. The molecule has 0 amide bonds. The Hall–Kier alpha value is -1.99. The number of aliphatic hydroxyl groups excluding tert-OH is 1. The summed E-state index contributed by atoms with van der Waals surface area (Å²) in [4.78, 5) is 32.3. The number of carbonyl (C=O) groups excluding carboxylic acids is 1. The van der Waals surface area contributed by atoms with Gasteiger partial charge in [0, 0.05) is 11.6 Å². The highest BCUT2D eigenvalue weighted by molar-refractivity contribution is 6.33. The Morgan fingerprint density at radius 2 is 2.00 bits per heavy atom. The predicted octanol–water partition coefficient (Wildman–Crippen LogP) is 1.52. The van der Waals surface area contributed by atoms with Gasteiger partial charge >= 0.3 is 5.97 Å². The molecule has 0 bridgehead atoms. The number of Topliss-reactive ketones (excluding diaryl/α,β-unsaturated/α-hetero) is 1. The molecule has 1 aromatic rings. The zero-order chi connectivity index (χ0) is 14.7. The molecule has 2 N–H and O–H groups in total. The van der Waals surface area contributed by atoms with Crippen LogP contribution in [0.25, 0.3) is 0 Å². The van der Waals surface area contributed by atoms with Crippen molar-refractivity contribution >= 4 is 29.0 Å². The van der Waals surface area contributed by atoms with Crippen molar-refractivity contribution in [3.8, 4) is 0 Å². The number of aliphatic carboxylic acids is 1. The third kappa shape index (κ3) is 3.27. The van der Waals surface area contributed by atoms with Gasteiger partial charge in [-0.05, 0) is 19.1 Å². The summed E-state index contributed by atoms with van der Waals surface area (Å²) in [6, 6.07) is 3.10. The Bertz CT molecular complexity index is 542. The van der Waals surface area contributed by atoms with Gasteiger partial charge in [-0.25, -0.2) is 4.79 Å². The van der Waals surface area contributed by atoms with Crippen molar-refractivity contribution in [3.63, 3.8) is 0 Å². The Kier molecular flexibility index (Phi) is 4.57. The molecule has 19 heavy (non-hydrogen) atoms. The van der Waals surface area contributed by atoms with Gasteiger partial charge in [-0.2, -0.15) is 0 Å². The molecule has 0 fully saturated rings. The zero-order valence-electron chi connectivity index (χ0n) is 9.74. The molecule has 0 saturated carbocycles. The fourth-order valence-corrected chi connectivity index (χ4v) is 1.58. The fourth-order valence-electron chi connectivity index (χ4n) is 1.46. The summed E-state index contributed by atoms with van der Waals surface area (Å²) < 4.78 is 0. The molecule has 0 aliphatic heterocycles. The van der Waals surface area contributed by atoms with Crippen molar-refractivity contribution in [2.24, 2.45) is 0 Å². The van der Waals surface area contributed by atoms with Crippen molar-refractivity contribution < 1.29 is 24.7 Å². The molecule has 2 atom stereocenters. The van der Waals surface area contributed by atoms with Crippen LogP contribution in [0.15, 0.2) is 18.2 Å². The van der Waals surface area contributed by atoms with E-state index in [1.807, 2.05) is 0 Å². The lowest BCUT2D eigenvalue weighted by molar-refractivity contribution is -0.386. The van der Waals surface area contributed by atoms with Crippen molar-refractivity contribution in [1.29, 1.82) is 0 Å². The summed E-state index contributed by atoms with van der Waals surface area (Å²) in [6.45, 7) is 1.42. The number of hydrogen-bond donors (Lipinski definition) is 2. The van der Waals surface area contributed by atoms with Crippen LogP contribution in [0.1, 0.15) is 28.9 Å². The maximum absolute atomic E-state index is 11.6. The first-order chi connectivity index (χ1) is 8.75. The monoisotopic (exact) mass is 287 g/mol. The highest BCUT2D eigenvalue weighted by Gasteiger charge is 2.27. The van der Waals surface area contributed by atoms with Crippen molar-refractivity contribution in [1.82, 2.24) is 0 Å². The van der Waals surface area contributed by atoms with E-state index in [0.717, 1.165) is 18.2 Å². The number of alkyl halides is 1. The second-order valence-corrected chi connectivity index (χ2v) is 4.41. The van der Waals surface area contributed by atoms with Gasteiger partial charge in [0.15, 0.2) is 11.9 Å². The molecule has 102 valence electrons. The summed E-state index contributed by atoms with van der Waals surface area (Å²) in [6.07, 6.45) is -2.08. The van der Waals surface area contributed by atoms with Crippen LogP contribution in [0.5, 0.6) is 0 Å². The minimum atomic E-state index is -2.08. The Morgan fingerprint density at radius 1 is 1.42 bits per heavy atom. The lowest BCUT2D eigenvalue weighted by Gasteiger charge is -2.09. The number of nitro benzene ring substituents is 1. The SMILES string of the molecule is CC(Cl)C(=O)c1ccc([N+](=O)[O-])c(C(O)C(=O)O)c1. The van der Waals surface area contributed by atoms with Gasteiger partial charge < -0.3 is 10.2 Å². The molecule has 0 heterocycles. The van der Waals surface area contributed by atoms with E-state index < -0.39 is 39.4 Å². The smallest absolute Gasteiger partial charge is 0.337 e. The van der Waals surface area contributed by atoms with Crippen LogP contribution in [0.3, 0.4) is 0 Å². The number of nitrogens with zero attached hydrogens (tertiary/aromatic N) is 1. The van der Waals surface area contributed by atoms with Crippen molar-refractivity contribution in [3.05, 3.63) is 39.4 Å². The minimum Gasteiger partial charge on any atom is -0.479 e. The largest absolute Gasteiger partial charge is 0.479 e. The zero-order valence-corrected chi connectivity index (χ0v) is 10.5. The summed E-state index contributed by atoms with van der Waals surface area (Å²) in [5, 5.41) is 28.0. The summed E-state index contributed by atoms with van der Waals surface area (Å²) in [5.74, 6) is -2.16. The Labute approximate surface area is 112 Å². The predicted molar refractivity (Wildman–Crippen MR) is 65.3 cm³/mol. The van der Waals surface area contributed by atoms with Crippen LogP contribution in [0.2, 0.25) is 0 Å². The Morgan fingerprint density at radius 3 is 2.42 bits per heavy atom. The second kappa shape index (κ2) is 5.77. The van der Waals surface area contributed by atoms with E-state index in [0.29, 0.717) is 0 Å². The highest BCUT2D eigenvalue weighted by atomic mass is 35.5. The number of aliphatic hydroxyl groups is 1. The Balaban J connectivity index is 3.38. The van der Waals surface area contributed by atoms with Crippen LogP contribution in [-0.4, -0.2) is 32.3 Å². The molecule has 0 radical (unpaired) electrons. The average Bonchev–Trinajstić information content (AvgIpc) is 2.35. The molecule has 2 unspecified atom stereocenters. The van der Waals surface area contributed by atoms with Gasteiger partial charge in [-0.1, -0.05) is 0 Å². The highest BCUT2D eigenvalue weighted by Crippen LogP contribution is 2.27. The first-order valence-corrected chi connectivity index (χ1v) is 5.56. The number of hydrogen-bond acceptors (Lipinski definition) is 5. The number of rotatable bonds is 5. The number of carboxylic acid groups (broad SMARTS) is 1. The van der Waals surface area contributed by atoms with Crippen LogP contribution >= 0.6 is 11.6 Å². The number of carbonyl (C=O) groups is 2. The van der Waals surface area contributed by atoms with Crippen molar-refractivity contribution in [2.45, 2.75) is 18.4 Å². The maximum atomic E-state index is 11.6. The topological polar surface area (TPSA) is 118 Å². The van der Waals surface area contributed by atoms with Crippen LogP contribution in [0, 0.1) is 10.1 Å². The number of halogens is 1. The fraction of sp³-hybridized carbons (Fsp3) is 0.273. The van der Waals surface area contributed by atoms with Gasteiger partial charge in [0.25, 0.3) is 5.69 Å². The van der Waals surface area contributed by atoms with Gasteiger partial charge in [-0.15, -0.1) is 11.6 Å². The number of nitro groups is 1. The van der Waals surface area contributed by atoms with Gasteiger partial charge in [-0.3, -0.25) is 14.9 Å². The number of carboxylic acids is 1. The molecular formula is C11H10ClNO6. The minimum absolute atomic E-state index is 0.00315. The molecule has 0 spiro atoms. The number of benzene rings is 1. The van der Waals surface area contributed by atoms with Crippen LogP contribution in [-0.2, 0) is 4.79 Å². The normalized spacial score (nSPS) is 13.6. The van der Waals surface area contributed by atoms with E-state index in [-0.39, 0.29) is 5.56 Å². The lowest BCUT2D eigenvalue weighted by atomic mass is 10.0. The third-order valence-electron chi connectivity index (χ3n) is 2.40. The molecule has 7 nitrogen and oxygen atoms in total. The molecule has 1 rings (SSSR count). The van der Waals surface area contributed by atoms with E-state index in [2.05, 4.69) is 0 Å².